The van der Waals surface area contributed by atoms with E-state index < -0.39 is 0 Å². The summed E-state index contributed by atoms with van der Waals surface area (Å²) >= 11 is 0. The molecule has 0 aliphatic carbocycles. The van der Waals surface area contributed by atoms with Crippen molar-refractivity contribution in [1.82, 2.24) is 5.32 Å². The molecule has 0 amide bonds. The maximum Gasteiger partial charge on any atom is 0.101 e. The van der Waals surface area contributed by atoms with Crippen molar-refractivity contribution in [2.24, 2.45) is 5.92 Å². The van der Waals surface area contributed by atoms with E-state index >= 15 is 0 Å². The van der Waals surface area contributed by atoms with E-state index in [1.807, 2.05) is 0 Å². The highest BCUT2D eigenvalue weighted by Gasteiger charge is 2.46. The Bertz CT molecular complexity index is 573. The standard InChI is InChI=1S/C21H25NO2/c1-3-7-16(8-4-1)11-12-18-14-23-21-19(15-24-20(18)21)22-13-17-9-5-2-6-10-17/h1-10,18-22H,11-15H2. The van der Waals surface area contributed by atoms with E-state index in [4.69, 9.17) is 9.47 Å². The van der Waals surface area contributed by atoms with Gasteiger partial charge in [-0.05, 0) is 24.0 Å². The molecule has 4 rings (SSSR count). The minimum atomic E-state index is 0.203. The summed E-state index contributed by atoms with van der Waals surface area (Å²) < 4.78 is 12.2. The van der Waals surface area contributed by atoms with Crippen LogP contribution in [0.25, 0.3) is 0 Å². The van der Waals surface area contributed by atoms with E-state index in [1.54, 1.807) is 0 Å². The van der Waals surface area contributed by atoms with Crippen LogP contribution in [-0.4, -0.2) is 31.5 Å². The molecule has 2 aromatic carbocycles. The van der Waals surface area contributed by atoms with Crippen LogP contribution < -0.4 is 5.32 Å². The third-order valence-electron chi connectivity index (χ3n) is 5.21. The van der Waals surface area contributed by atoms with Crippen molar-refractivity contribution in [3.8, 4) is 0 Å². The van der Waals surface area contributed by atoms with Crippen molar-refractivity contribution in [1.29, 1.82) is 0 Å². The first-order valence-electron chi connectivity index (χ1n) is 8.94. The molecule has 2 aliphatic heterocycles. The van der Waals surface area contributed by atoms with Crippen LogP contribution in [-0.2, 0) is 22.4 Å². The fourth-order valence-corrected chi connectivity index (χ4v) is 3.84. The third kappa shape index (κ3) is 3.54. The lowest BCUT2D eigenvalue weighted by Gasteiger charge is -2.18. The van der Waals surface area contributed by atoms with Gasteiger partial charge in [-0.2, -0.15) is 0 Å². The predicted molar refractivity (Wildman–Crippen MR) is 94.8 cm³/mol. The number of benzene rings is 2. The molecular weight excluding hydrogens is 298 g/mol. The van der Waals surface area contributed by atoms with E-state index in [9.17, 15) is 0 Å². The van der Waals surface area contributed by atoms with Crippen LogP contribution in [0.5, 0.6) is 0 Å². The average Bonchev–Trinajstić information content (AvgIpc) is 3.22. The molecular formula is C21H25NO2. The molecule has 126 valence electrons. The quantitative estimate of drug-likeness (QED) is 0.885. The van der Waals surface area contributed by atoms with Crippen LogP contribution in [0.4, 0.5) is 0 Å². The average molecular weight is 323 g/mol. The van der Waals surface area contributed by atoms with Gasteiger partial charge in [0.1, 0.15) is 6.10 Å². The Morgan fingerprint density at radius 2 is 1.46 bits per heavy atom. The van der Waals surface area contributed by atoms with Gasteiger partial charge in [0.15, 0.2) is 0 Å². The third-order valence-corrected chi connectivity index (χ3v) is 5.21. The van der Waals surface area contributed by atoms with Crippen LogP contribution >= 0.6 is 0 Å². The maximum absolute atomic E-state index is 6.09. The molecule has 24 heavy (non-hydrogen) atoms. The highest BCUT2D eigenvalue weighted by atomic mass is 16.6. The number of rotatable bonds is 6. The molecule has 0 bridgehead atoms. The number of ether oxygens (including phenoxy) is 2. The first-order valence-corrected chi connectivity index (χ1v) is 8.94. The summed E-state index contributed by atoms with van der Waals surface area (Å²) in [4.78, 5) is 0. The van der Waals surface area contributed by atoms with E-state index in [2.05, 4.69) is 66.0 Å². The zero-order chi connectivity index (χ0) is 16.2. The first kappa shape index (κ1) is 15.8. The van der Waals surface area contributed by atoms with Gasteiger partial charge < -0.3 is 14.8 Å². The van der Waals surface area contributed by atoms with Gasteiger partial charge in [0, 0.05) is 12.5 Å². The Hall–Kier alpha value is -1.68. The summed E-state index contributed by atoms with van der Waals surface area (Å²) in [7, 11) is 0. The van der Waals surface area contributed by atoms with Gasteiger partial charge in [0.2, 0.25) is 0 Å². The highest BCUT2D eigenvalue weighted by Crippen LogP contribution is 2.33. The Morgan fingerprint density at radius 3 is 2.21 bits per heavy atom. The largest absolute Gasteiger partial charge is 0.373 e. The van der Waals surface area contributed by atoms with Crippen molar-refractivity contribution >= 4 is 0 Å². The number of nitrogens with one attached hydrogen (secondary N) is 1. The van der Waals surface area contributed by atoms with Gasteiger partial charge in [0.25, 0.3) is 0 Å². The normalized spacial score (nSPS) is 28.8. The van der Waals surface area contributed by atoms with E-state index in [0.29, 0.717) is 12.0 Å². The Balaban J connectivity index is 1.29. The van der Waals surface area contributed by atoms with Crippen molar-refractivity contribution in [3.63, 3.8) is 0 Å². The number of hydrogen-bond donors (Lipinski definition) is 1. The Kier molecular flexibility index (Phi) is 4.93. The van der Waals surface area contributed by atoms with Crippen LogP contribution in [0.3, 0.4) is 0 Å². The van der Waals surface area contributed by atoms with E-state index in [1.165, 1.54) is 11.1 Å². The van der Waals surface area contributed by atoms with Crippen LogP contribution in [0.1, 0.15) is 17.5 Å². The van der Waals surface area contributed by atoms with Gasteiger partial charge in [-0.3, -0.25) is 0 Å². The van der Waals surface area contributed by atoms with Crippen molar-refractivity contribution in [2.45, 2.75) is 37.6 Å². The second-order valence-corrected chi connectivity index (χ2v) is 6.85. The molecule has 0 radical (unpaired) electrons. The second-order valence-electron chi connectivity index (χ2n) is 6.85. The molecule has 2 aromatic rings. The minimum Gasteiger partial charge on any atom is -0.373 e. The Labute approximate surface area is 144 Å². The summed E-state index contributed by atoms with van der Waals surface area (Å²) in [5.74, 6) is 0.513. The summed E-state index contributed by atoms with van der Waals surface area (Å²) in [6.45, 7) is 2.45. The van der Waals surface area contributed by atoms with E-state index in [-0.39, 0.29) is 12.2 Å². The molecule has 1 N–H and O–H groups in total. The Morgan fingerprint density at radius 1 is 0.792 bits per heavy atom. The van der Waals surface area contributed by atoms with Gasteiger partial charge in [0.05, 0.1) is 25.4 Å². The topological polar surface area (TPSA) is 30.5 Å². The molecule has 2 aliphatic rings. The fraction of sp³-hybridized carbons (Fsp3) is 0.429. The fourth-order valence-electron chi connectivity index (χ4n) is 3.84. The summed E-state index contributed by atoms with van der Waals surface area (Å²) in [5.41, 5.74) is 2.71. The lowest BCUT2D eigenvalue weighted by atomic mass is 9.93. The van der Waals surface area contributed by atoms with Crippen molar-refractivity contribution in [3.05, 3.63) is 71.8 Å². The van der Waals surface area contributed by atoms with Gasteiger partial charge in [-0.1, -0.05) is 60.7 Å². The number of hydrogen-bond acceptors (Lipinski definition) is 3. The summed E-state index contributed by atoms with van der Waals surface area (Å²) in [6.07, 6.45) is 2.69. The molecule has 4 atom stereocenters. The number of aryl methyl sites for hydroxylation is 1. The lowest BCUT2D eigenvalue weighted by Crippen LogP contribution is -2.40. The minimum absolute atomic E-state index is 0.203. The predicted octanol–water partition coefficient (Wildman–Crippen LogP) is 3.19. The molecule has 3 heteroatoms. The van der Waals surface area contributed by atoms with Crippen LogP contribution in [0.2, 0.25) is 0 Å². The van der Waals surface area contributed by atoms with Crippen LogP contribution in [0.15, 0.2) is 60.7 Å². The maximum atomic E-state index is 6.09. The monoisotopic (exact) mass is 323 g/mol. The second kappa shape index (κ2) is 7.47. The molecule has 2 heterocycles. The van der Waals surface area contributed by atoms with Gasteiger partial charge in [-0.15, -0.1) is 0 Å². The lowest BCUT2D eigenvalue weighted by molar-refractivity contribution is 0.0613. The van der Waals surface area contributed by atoms with Crippen molar-refractivity contribution in [2.75, 3.05) is 13.2 Å². The molecule has 0 saturated carbocycles. The van der Waals surface area contributed by atoms with Gasteiger partial charge >= 0.3 is 0 Å². The summed E-state index contributed by atoms with van der Waals surface area (Å²) in [5, 5.41) is 3.61. The van der Waals surface area contributed by atoms with Crippen molar-refractivity contribution < 1.29 is 9.47 Å². The highest BCUT2D eigenvalue weighted by molar-refractivity contribution is 5.16. The molecule has 0 spiro atoms. The molecule has 0 aromatic heterocycles. The molecule has 2 saturated heterocycles. The van der Waals surface area contributed by atoms with Gasteiger partial charge in [-0.25, -0.2) is 0 Å². The smallest absolute Gasteiger partial charge is 0.101 e. The zero-order valence-electron chi connectivity index (χ0n) is 13.9. The summed E-state index contributed by atoms with van der Waals surface area (Å²) in [6, 6.07) is 21.5. The molecule has 3 nitrogen and oxygen atoms in total. The first-order chi connectivity index (χ1) is 11.9. The number of fused-ring (bicyclic) bond motifs is 1. The van der Waals surface area contributed by atoms with E-state index in [0.717, 1.165) is 32.6 Å². The molecule has 4 unspecified atom stereocenters. The van der Waals surface area contributed by atoms with Crippen LogP contribution in [0, 0.1) is 5.92 Å². The zero-order valence-corrected chi connectivity index (χ0v) is 13.9. The molecule has 2 fully saturated rings. The SMILES string of the molecule is c1ccc(CCC2COC3C(NCc4ccccc4)COC23)cc1.